The van der Waals surface area contributed by atoms with Crippen LogP contribution in [0.1, 0.15) is 22.0 Å². The van der Waals surface area contributed by atoms with Gasteiger partial charge in [0.05, 0.1) is 16.6 Å². The molecular formula is C24H21FN4O3. The number of hydrogen-bond acceptors (Lipinski definition) is 5. The van der Waals surface area contributed by atoms with E-state index < -0.39 is 17.2 Å². The fourth-order valence-corrected chi connectivity index (χ4v) is 4.34. The number of benzene rings is 2. The normalized spacial score (nSPS) is 16.6. The molecular weight excluding hydrogens is 411 g/mol. The zero-order valence-electron chi connectivity index (χ0n) is 17.4. The zero-order chi connectivity index (χ0) is 22.4. The Morgan fingerprint density at radius 1 is 1.22 bits per heavy atom. The summed E-state index contributed by atoms with van der Waals surface area (Å²) in [4.78, 5) is 30.5. The van der Waals surface area contributed by atoms with Crippen molar-refractivity contribution in [1.29, 1.82) is 0 Å². The highest BCUT2D eigenvalue weighted by Crippen LogP contribution is 2.29. The van der Waals surface area contributed by atoms with Gasteiger partial charge in [-0.15, -0.1) is 0 Å². The maximum atomic E-state index is 15.2. The number of carboxylic acids is 1. The van der Waals surface area contributed by atoms with Gasteiger partial charge in [0.25, 0.3) is 0 Å². The molecule has 1 aliphatic rings. The van der Waals surface area contributed by atoms with Crippen molar-refractivity contribution in [2.45, 2.75) is 6.04 Å². The molecule has 2 N–H and O–H groups in total. The predicted molar refractivity (Wildman–Crippen MR) is 121 cm³/mol. The van der Waals surface area contributed by atoms with Crippen LogP contribution in [0.4, 0.5) is 10.1 Å². The number of nitrogens with zero attached hydrogens (tertiary/aromatic N) is 3. The molecule has 1 fully saturated rings. The SMILES string of the molecule is Cn1cc(C(=O)O)c(=O)c2cc3cc(F)c(N4CCN[C@@H](c5ccccc5)C4)cc3nc21. The highest BCUT2D eigenvalue weighted by atomic mass is 19.1. The van der Waals surface area contributed by atoms with Crippen molar-refractivity contribution in [3.05, 3.63) is 81.9 Å². The molecule has 0 radical (unpaired) electrons. The molecule has 3 heterocycles. The van der Waals surface area contributed by atoms with Crippen molar-refractivity contribution in [3.8, 4) is 0 Å². The van der Waals surface area contributed by atoms with Gasteiger partial charge in [-0.05, 0) is 23.8 Å². The Labute approximate surface area is 182 Å². The van der Waals surface area contributed by atoms with Crippen molar-refractivity contribution >= 4 is 33.6 Å². The van der Waals surface area contributed by atoms with E-state index in [9.17, 15) is 14.7 Å². The molecule has 0 amide bonds. The first kappa shape index (κ1) is 20.1. The summed E-state index contributed by atoms with van der Waals surface area (Å²) in [6.07, 6.45) is 1.26. The lowest BCUT2D eigenvalue weighted by molar-refractivity contribution is 0.0695. The molecule has 8 heteroatoms. The number of anilines is 1. The molecule has 0 unspecified atom stereocenters. The Hall–Kier alpha value is -3.78. The molecule has 1 aliphatic heterocycles. The van der Waals surface area contributed by atoms with E-state index in [1.165, 1.54) is 22.9 Å². The summed E-state index contributed by atoms with van der Waals surface area (Å²) in [5.74, 6) is -1.71. The van der Waals surface area contributed by atoms with Gasteiger partial charge in [0.1, 0.15) is 17.0 Å². The molecule has 2 aromatic carbocycles. The van der Waals surface area contributed by atoms with E-state index in [0.717, 1.165) is 5.56 Å². The lowest BCUT2D eigenvalue weighted by Gasteiger charge is -2.35. The quantitative estimate of drug-likeness (QED) is 0.484. The van der Waals surface area contributed by atoms with Gasteiger partial charge in [-0.2, -0.15) is 0 Å². The summed E-state index contributed by atoms with van der Waals surface area (Å²) >= 11 is 0. The maximum absolute atomic E-state index is 15.2. The number of aromatic carboxylic acids is 1. The number of nitrogens with one attached hydrogen (secondary N) is 1. The minimum absolute atomic E-state index is 0.0832. The standard InChI is InChI=1S/C24H21FN4O3/c1-28-12-17(24(31)32)22(30)16-9-15-10-18(25)21(11-19(15)27-23(16)28)29-8-7-26-20(13-29)14-5-3-2-4-6-14/h2-6,9-12,20,26H,7-8,13H2,1H3,(H,31,32)/t20-/m1/s1. The topological polar surface area (TPSA) is 87.5 Å². The van der Waals surface area contributed by atoms with E-state index in [1.807, 2.05) is 23.1 Å². The van der Waals surface area contributed by atoms with Crippen LogP contribution in [-0.4, -0.2) is 40.3 Å². The molecule has 1 saturated heterocycles. The van der Waals surface area contributed by atoms with Gasteiger partial charge < -0.3 is 19.9 Å². The summed E-state index contributed by atoms with van der Waals surface area (Å²) in [6.45, 7) is 1.98. The first-order valence-electron chi connectivity index (χ1n) is 10.3. The monoisotopic (exact) mass is 432 g/mol. The van der Waals surface area contributed by atoms with Crippen LogP contribution in [0.3, 0.4) is 0 Å². The van der Waals surface area contributed by atoms with Gasteiger partial charge in [-0.25, -0.2) is 14.2 Å². The second-order valence-corrected chi connectivity index (χ2v) is 8.01. The first-order chi connectivity index (χ1) is 15.4. The summed E-state index contributed by atoms with van der Waals surface area (Å²) < 4.78 is 16.7. The largest absolute Gasteiger partial charge is 0.477 e. The van der Waals surface area contributed by atoms with Crippen LogP contribution >= 0.6 is 0 Å². The lowest BCUT2D eigenvalue weighted by Crippen LogP contribution is -2.46. The molecule has 0 bridgehead atoms. The Morgan fingerprint density at radius 2 is 2.00 bits per heavy atom. The average molecular weight is 432 g/mol. The minimum Gasteiger partial charge on any atom is -0.477 e. The highest BCUT2D eigenvalue weighted by Gasteiger charge is 2.24. The number of halogens is 1. The van der Waals surface area contributed by atoms with Crippen LogP contribution in [0.2, 0.25) is 0 Å². The van der Waals surface area contributed by atoms with Gasteiger partial charge in [0.15, 0.2) is 0 Å². The van der Waals surface area contributed by atoms with E-state index in [0.29, 0.717) is 41.9 Å². The molecule has 2 aromatic heterocycles. The summed E-state index contributed by atoms with van der Waals surface area (Å²) in [5.41, 5.74) is 1.53. The first-order valence-corrected chi connectivity index (χ1v) is 10.3. The lowest BCUT2D eigenvalue weighted by atomic mass is 10.0. The molecule has 162 valence electrons. The van der Waals surface area contributed by atoms with Gasteiger partial charge >= 0.3 is 5.97 Å². The fourth-order valence-electron chi connectivity index (χ4n) is 4.34. The summed E-state index contributed by atoms with van der Waals surface area (Å²) in [6, 6.07) is 14.7. The highest BCUT2D eigenvalue weighted by molar-refractivity contribution is 5.96. The number of hydrogen-bond donors (Lipinski definition) is 2. The van der Waals surface area contributed by atoms with E-state index in [-0.39, 0.29) is 17.0 Å². The number of aromatic nitrogens is 2. The van der Waals surface area contributed by atoms with E-state index in [2.05, 4.69) is 22.4 Å². The number of piperazine rings is 1. The molecule has 1 atom stereocenters. The van der Waals surface area contributed by atoms with Crippen molar-refractivity contribution in [1.82, 2.24) is 14.9 Å². The van der Waals surface area contributed by atoms with E-state index in [4.69, 9.17) is 0 Å². The maximum Gasteiger partial charge on any atom is 0.341 e. The number of carbonyl (C=O) groups is 1. The second kappa shape index (κ2) is 7.72. The van der Waals surface area contributed by atoms with Crippen molar-refractivity contribution in [3.63, 3.8) is 0 Å². The Morgan fingerprint density at radius 3 is 2.75 bits per heavy atom. The summed E-state index contributed by atoms with van der Waals surface area (Å²) in [7, 11) is 1.64. The number of fused-ring (bicyclic) bond motifs is 2. The average Bonchev–Trinajstić information content (AvgIpc) is 2.80. The second-order valence-electron chi connectivity index (χ2n) is 8.01. The molecule has 0 aliphatic carbocycles. The van der Waals surface area contributed by atoms with Crippen molar-refractivity contribution < 1.29 is 14.3 Å². The third-order valence-electron chi connectivity index (χ3n) is 5.96. The number of pyridine rings is 2. The Kier molecular flexibility index (Phi) is 4.86. The predicted octanol–water partition coefficient (Wildman–Crippen LogP) is 3.07. The van der Waals surface area contributed by atoms with Crippen LogP contribution in [0, 0.1) is 5.82 Å². The Bertz CT molecular complexity index is 1420. The molecule has 5 rings (SSSR count). The third kappa shape index (κ3) is 3.38. The van der Waals surface area contributed by atoms with Gasteiger partial charge in [0.2, 0.25) is 5.43 Å². The smallest absolute Gasteiger partial charge is 0.341 e. The zero-order valence-corrected chi connectivity index (χ0v) is 17.4. The molecule has 0 saturated carbocycles. The van der Waals surface area contributed by atoms with Crippen LogP contribution in [0.25, 0.3) is 21.9 Å². The van der Waals surface area contributed by atoms with Crippen LogP contribution < -0.4 is 15.6 Å². The van der Waals surface area contributed by atoms with Crippen molar-refractivity contribution in [2.24, 2.45) is 7.05 Å². The van der Waals surface area contributed by atoms with Gasteiger partial charge in [0, 0.05) is 44.3 Å². The fraction of sp³-hybridized carbons (Fsp3) is 0.208. The molecule has 7 nitrogen and oxygen atoms in total. The Balaban J connectivity index is 1.59. The minimum atomic E-state index is -1.30. The van der Waals surface area contributed by atoms with Gasteiger partial charge in [-0.1, -0.05) is 30.3 Å². The number of carboxylic acid groups (broad SMARTS) is 1. The summed E-state index contributed by atoms with van der Waals surface area (Å²) in [5, 5.41) is 13.4. The van der Waals surface area contributed by atoms with Gasteiger partial charge in [-0.3, -0.25) is 4.79 Å². The van der Waals surface area contributed by atoms with E-state index in [1.54, 1.807) is 13.1 Å². The number of rotatable bonds is 3. The third-order valence-corrected chi connectivity index (χ3v) is 5.96. The van der Waals surface area contributed by atoms with Crippen LogP contribution in [-0.2, 0) is 7.05 Å². The molecule has 4 aromatic rings. The molecule has 32 heavy (non-hydrogen) atoms. The molecule has 0 spiro atoms. The van der Waals surface area contributed by atoms with Crippen molar-refractivity contribution in [2.75, 3.05) is 24.5 Å². The van der Waals surface area contributed by atoms with Crippen LogP contribution in [0.15, 0.2) is 59.5 Å². The number of aryl methyl sites for hydroxylation is 1. The van der Waals surface area contributed by atoms with E-state index >= 15 is 4.39 Å². The van der Waals surface area contributed by atoms with Crippen LogP contribution in [0.5, 0.6) is 0 Å².